The number of hydrogen-bond donors (Lipinski definition) is 1. The van der Waals surface area contributed by atoms with Crippen LogP contribution in [0.1, 0.15) is 41.5 Å². The van der Waals surface area contributed by atoms with Crippen molar-refractivity contribution >= 4 is 5.97 Å². The van der Waals surface area contributed by atoms with Crippen LogP contribution >= 0.6 is 0 Å². The molecule has 22 heavy (non-hydrogen) atoms. The van der Waals surface area contributed by atoms with Crippen molar-refractivity contribution in [2.24, 2.45) is 0 Å². The molecule has 2 rings (SSSR count). The Hall–Kier alpha value is -2.37. The molecule has 6 heteroatoms. The maximum Gasteiger partial charge on any atom is 0.358 e. The summed E-state index contributed by atoms with van der Waals surface area (Å²) in [4.78, 5) is 11.2. The minimum Gasteiger partial charge on any atom is -0.492 e. The number of unbranched alkanes of at least 4 members (excludes halogenated alkanes) is 1. The first-order valence-electron chi connectivity index (χ1n) is 7.47. The van der Waals surface area contributed by atoms with Crippen LogP contribution in [0.25, 0.3) is 0 Å². The van der Waals surface area contributed by atoms with Crippen LogP contribution in [0.5, 0.6) is 5.75 Å². The van der Waals surface area contributed by atoms with E-state index < -0.39 is 5.97 Å². The highest BCUT2D eigenvalue weighted by Gasteiger charge is 2.18. The number of carboxylic acids is 1. The quantitative estimate of drug-likeness (QED) is 0.811. The summed E-state index contributed by atoms with van der Waals surface area (Å²) in [6, 6.07) is 7.80. The second-order valence-corrected chi connectivity index (χ2v) is 5.18. The zero-order chi connectivity index (χ0) is 15.9. The molecule has 0 spiro atoms. The third-order valence-corrected chi connectivity index (χ3v) is 3.37. The normalized spacial score (nSPS) is 10.6. The molecule has 6 nitrogen and oxygen atoms in total. The topological polar surface area (TPSA) is 77.2 Å². The summed E-state index contributed by atoms with van der Waals surface area (Å²) in [5.74, 6) is -0.231. The van der Waals surface area contributed by atoms with Crippen molar-refractivity contribution in [1.29, 1.82) is 0 Å². The Morgan fingerprint density at radius 2 is 2.23 bits per heavy atom. The van der Waals surface area contributed by atoms with E-state index >= 15 is 0 Å². The minimum atomic E-state index is -1.03. The third kappa shape index (κ3) is 4.07. The summed E-state index contributed by atoms with van der Waals surface area (Å²) in [7, 11) is 0. The van der Waals surface area contributed by atoms with Gasteiger partial charge in [0.25, 0.3) is 0 Å². The van der Waals surface area contributed by atoms with Crippen LogP contribution in [0.2, 0.25) is 0 Å². The molecule has 1 aromatic heterocycles. The van der Waals surface area contributed by atoms with E-state index in [0.717, 1.165) is 24.2 Å². The van der Waals surface area contributed by atoms with Gasteiger partial charge in [-0.05, 0) is 37.5 Å². The van der Waals surface area contributed by atoms with Gasteiger partial charge >= 0.3 is 5.97 Å². The van der Waals surface area contributed by atoms with Gasteiger partial charge in [0.1, 0.15) is 12.4 Å². The molecule has 1 heterocycles. The highest BCUT2D eigenvalue weighted by Crippen LogP contribution is 2.13. The van der Waals surface area contributed by atoms with Crippen LogP contribution in [0.3, 0.4) is 0 Å². The van der Waals surface area contributed by atoms with Gasteiger partial charge in [-0.15, -0.1) is 5.10 Å². The van der Waals surface area contributed by atoms with E-state index in [9.17, 15) is 4.79 Å². The molecule has 0 amide bonds. The highest BCUT2D eigenvalue weighted by molar-refractivity contribution is 5.86. The molecule has 0 aliphatic rings. The third-order valence-electron chi connectivity index (χ3n) is 3.37. The van der Waals surface area contributed by atoms with Gasteiger partial charge in [0.05, 0.1) is 12.2 Å². The van der Waals surface area contributed by atoms with E-state index in [0.29, 0.717) is 25.3 Å². The van der Waals surface area contributed by atoms with Crippen molar-refractivity contribution in [3.05, 3.63) is 41.2 Å². The molecule has 1 N–H and O–H groups in total. The Balaban J connectivity index is 2.01. The van der Waals surface area contributed by atoms with Crippen molar-refractivity contribution in [3.8, 4) is 5.75 Å². The van der Waals surface area contributed by atoms with Gasteiger partial charge in [0, 0.05) is 0 Å². The fourth-order valence-electron chi connectivity index (χ4n) is 2.23. The Labute approximate surface area is 129 Å². The lowest BCUT2D eigenvalue weighted by molar-refractivity contribution is 0.0689. The number of nitrogens with zero attached hydrogens (tertiary/aromatic N) is 3. The van der Waals surface area contributed by atoms with Gasteiger partial charge in [0.2, 0.25) is 0 Å². The fraction of sp³-hybridized carbons (Fsp3) is 0.438. The van der Waals surface area contributed by atoms with Crippen molar-refractivity contribution in [2.45, 2.75) is 39.7 Å². The highest BCUT2D eigenvalue weighted by atomic mass is 16.5. The second kappa shape index (κ2) is 7.59. The van der Waals surface area contributed by atoms with E-state index in [1.807, 2.05) is 31.2 Å². The first kappa shape index (κ1) is 16.0. The Morgan fingerprint density at radius 1 is 1.41 bits per heavy atom. The maximum absolute atomic E-state index is 11.2. The number of ether oxygens (including phenoxy) is 1. The average molecular weight is 303 g/mol. The van der Waals surface area contributed by atoms with Gasteiger partial charge in [-0.2, -0.15) is 0 Å². The molecule has 0 unspecified atom stereocenters. The van der Waals surface area contributed by atoms with E-state index in [1.54, 1.807) is 4.68 Å². The minimum absolute atomic E-state index is 0.0454. The SMILES string of the molecule is CCCCc1c(C(=O)O)nnn1CCOc1cccc(C)c1. The smallest absolute Gasteiger partial charge is 0.358 e. The first-order chi connectivity index (χ1) is 10.6. The number of aryl methyl sites for hydroxylation is 1. The van der Waals surface area contributed by atoms with E-state index in [1.165, 1.54) is 0 Å². The summed E-state index contributed by atoms with van der Waals surface area (Å²) in [6.07, 6.45) is 2.56. The first-order valence-corrected chi connectivity index (χ1v) is 7.47. The fourth-order valence-corrected chi connectivity index (χ4v) is 2.23. The molecule has 0 bridgehead atoms. The number of aromatic carboxylic acids is 1. The van der Waals surface area contributed by atoms with Crippen LogP contribution in [0.15, 0.2) is 24.3 Å². The van der Waals surface area contributed by atoms with Crippen molar-refractivity contribution in [3.63, 3.8) is 0 Å². The molecule has 0 radical (unpaired) electrons. The van der Waals surface area contributed by atoms with Crippen LogP contribution in [-0.2, 0) is 13.0 Å². The Kier molecular flexibility index (Phi) is 5.52. The van der Waals surface area contributed by atoms with Gasteiger partial charge in [-0.1, -0.05) is 30.7 Å². The monoisotopic (exact) mass is 303 g/mol. The molecule has 118 valence electrons. The largest absolute Gasteiger partial charge is 0.492 e. The van der Waals surface area contributed by atoms with E-state index in [2.05, 4.69) is 17.2 Å². The molecular weight excluding hydrogens is 282 g/mol. The molecule has 0 atom stereocenters. The summed E-state index contributed by atoms with van der Waals surface area (Å²) in [5, 5.41) is 16.9. The number of benzene rings is 1. The van der Waals surface area contributed by atoms with Crippen LogP contribution in [-0.4, -0.2) is 32.7 Å². The van der Waals surface area contributed by atoms with Crippen molar-refractivity contribution in [2.75, 3.05) is 6.61 Å². The van der Waals surface area contributed by atoms with E-state index in [4.69, 9.17) is 9.84 Å². The van der Waals surface area contributed by atoms with Crippen molar-refractivity contribution < 1.29 is 14.6 Å². The number of carbonyl (C=O) groups is 1. The number of aromatic nitrogens is 3. The van der Waals surface area contributed by atoms with Crippen LogP contribution < -0.4 is 4.74 Å². The number of carboxylic acid groups (broad SMARTS) is 1. The molecule has 0 aliphatic carbocycles. The lowest BCUT2D eigenvalue weighted by Crippen LogP contribution is -2.14. The lowest BCUT2D eigenvalue weighted by Gasteiger charge is -2.09. The number of hydrogen-bond acceptors (Lipinski definition) is 4. The molecule has 0 saturated heterocycles. The average Bonchev–Trinajstić information content (AvgIpc) is 2.88. The predicted molar refractivity (Wildman–Crippen MR) is 82.3 cm³/mol. The molecular formula is C16H21N3O3. The van der Waals surface area contributed by atoms with Gasteiger partial charge in [-0.25, -0.2) is 9.48 Å². The summed E-state index contributed by atoms with van der Waals surface area (Å²) < 4.78 is 7.32. The van der Waals surface area contributed by atoms with Gasteiger partial charge < -0.3 is 9.84 Å². The summed E-state index contributed by atoms with van der Waals surface area (Å²) in [6.45, 7) is 4.97. The molecule has 2 aromatic rings. The van der Waals surface area contributed by atoms with E-state index in [-0.39, 0.29) is 5.69 Å². The summed E-state index contributed by atoms with van der Waals surface area (Å²) >= 11 is 0. The van der Waals surface area contributed by atoms with Crippen LogP contribution in [0.4, 0.5) is 0 Å². The maximum atomic E-state index is 11.2. The van der Waals surface area contributed by atoms with Crippen molar-refractivity contribution in [1.82, 2.24) is 15.0 Å². The lowest BCUT2D eigenvalue weighted by atomic mass is 10.1. The Morgan fingerprint density at radius 3 is 2.91 bits per heavy atom. The zero-order valence-corrected chi connectivity index (χ0v) is 13.0. The summed E-state index contributed by atoms with van der Waals surface area (Å²) in [5.41, 5.74) is 1.85. The Bertz CT molecular complexity index is 637. The standard InChI is InChI=1S/C16H21N3O3/c1-3-4-8-14-15(16(20)21)17-18-19(14)9-10-22-13-7-5-6-12(2)11-13/h5-7,11H,3-4,8-10H2,1-2H3,(H,20,21). The van der Waals surface area contributed by atoms with Gasteiger partial charge in [-0.3, -0.25) is 0 Å². The molecule has 0 aliphatic heterocycles. The second-order valence-electron chi connectivity index (χ2n) is 5.18. The molecule has 1 aromatic carbocycles. The predicted octanol–water partition coefficient (Wildman–Crippen LogP) is 2.71. The molecule has 0 saturated carbocycles. The zero-order valence-electron chi connectivity index (χ0n) is 13.0. The molecule has 0 fully saturated rings. The van der Waals surface area contributed by atoms with Gasteiger partial charge in [0.15, 0.2) is 5.69 Å². The number of rotatable bonds is 8. The van der Waals surface area contributed by atoms with Crippen LogP contribution in [0, 0.1) is 6.92 Å².